The van der Waals surface area contributed by atoms with Gasteiger partial charge in [0.25, 0.3) is 0 Å². The molecule has 0 bridgehead atoms. The van der Waals surface area contributed by atoms with Crippen LogP contribution < -0.4 is 4.90 Å². The Balaban J connectivity index is 1.26. The van der Waals surface area contributed by atoms with Gasteiger partial charge in [-0.15, -0.1) is 0 Å². The Kier molecular flexibility index (Phi) is 5.20. The second-order valence-corrected chi connectivity index (χ2v) is 10.9. The molecule has 0 saturated heterocycles. The molecule has 9 aromatic rings. The van der Waals surface area contributed by atoms with E-state index in [2.05, 4.69) is 138 Å². The van der Waals surface area contributed by atoms with Crippen LogP contribution >= 0.6 is 0 Å². The first kappa shape index (κ1) is 23.9. The summed E-state index contributed by atoms with van der Waals surface area (Å²) in [6.45, 7) is 0. The number of hydrogen-bond acceptors (Lipinski definition) is 3. The third-order valence-electron chi connectivity index (χ3n) is 8.44. The van der Waals surface area contributed by atoms with Crippen LogP contribution in [0.4, 0.5) is 17.1 Å². The molecule has 9 rings (SSSR count). The summed E-state index contributed by atoms with van der Waals surface area (Å²) < 4.78 is 12.9. The van der Waals surface area contributed by atoms with E-state index in [-0.39, 0.29) is 0 Å². The average molecular weight is 552 g/mol. The minimum absolute atomic E-state index is 0.855. The molecule has 0 amide bonds. The van der Waals surface area contributed by atoms with Gasteiger partial charge in [0.1, 0.15) is 22.3 Å². The SMILES string of the molecule is c1ccc(-c2cc3oc4cc(N(c5ccccc5)c5ccc6c(c5)oc5ccccc56)ccc4c3c3ccccc23)cc1. The van der Waals surface area contributed by atoms with Crippen molar-refractivity contribution in [2.24, 2.45) is 0 Å². The third-order valence-corrected chi connectivity index (χ3v) is 8.44. The number of nitrogens with zero attached hydrogens (tertiary/aromatic N) is 1. The van der Waals surface area contributed by atoms with Gasteiger partial charge >= 0.3 is 0 Å². The van der Waals surface area contributed by atoms with Crippen molar-refractivity contribution in [2.45, 2.75) is 0 Å². The largest absolute Gasteiger partial charge is 0.456 e. The van der Waals surface area contributed by atoms with Crippen LogP contribution in [0, 0.1) is 0 Å². The number of furan rings is 2. The topological polar surface area (TPSA) is 29.5 Å². The molecule has 0 aliphatic rings. The van der Waals surface area contributed by atoms with Gasteiger partial charge in [0, 0.05) is 50.7 Å². The highest BCUT2D eigenvalue weighted by molar-refractivity contribution is 6.22. The second-order valence-electron chi connectivity index (χ2n) is 10.9. The summed E-state index contributed by atoms with van der Waals surface area (Å²) in [6.07, 6.45) is 0. The van der Waals surface area contributed by atoms with Gasteiger partial charge in [0.15, 0.2) is 0 Å². The van der Waals surface area contributed by atoms with E-state index < -0.39 is 0 Å². The standard InChI is InChI=1S/C40H25NO2/c1-3-11-26(12-4-1)35-25-39-40(33-17-8-7-15-30(33)35)34-22-20-29(24-38(34)43-39)41(27-13-5-2-6-14-27)28-19-21-32-31-16-9-10-18-36(31)42-37(32)23-28/h1-25H. The molecule has 202 valence electrons. The Hall–Kier alpha value is -5.80. The highest BCUT2D eigenvalue weighted by Crippen LogP contribution is 2.43. The maximum atomic E-state index is 6.65. The van der Waals surface area contributed by atoms with Crippen LogP contribution in [0.1, 0.15) is 0 Å². The first-order valence-corrected chi connectivity index (χ1v) is 14.5. The Morgan fingerprint density at radius 3 is 1.67 bits per heavy atom. The van der Waals surface area contributed by atoms with Gasteiger partial charge in [-0.3, -0.25) is 0 Å². The van der Waals surface area contributed by atoms with Crippen LogP contribution in [-0.2, 0) is 0 Å². The lowest BCUT2D eigenvalue weighted by molar-refractivity contribution is 0.669. The lowest BCUT2D eigenvalue weighted by Crippen LogP contribution is -2.09. The maximum Gasteiger partial charge on any atom is 0.137 e. The van der Waals surface area contributed by atoms with E-state index >= 15 is 0 Å². The zero-order valence-corrected chi connectivity index (χ0v) is 23.2. The zero-order chi connectivity index (χ0) is 28.3. The van der Waals surface area contributed by atoms with Crippen molar-refractivity contribution >= 4 is 71.7 Å². The van der Waals surface area contributed by atoms with Gasteiger partial charge in [0.2, 0.25) is 0 Å². The maximum absolute atomic E-state index is 6.65. The Morgan fingerprint density at radius 2 is 0.907 bits per heavy atom. The molecule has 3 nitrogen and oxygen atoms in total. The molecular formula is C40H25NO2. The highest BCUT2D eigenvalue weighted by Gasteiger charge is 2.19. The molecule has 0 radical (unpaired) electrons. The Labute approximate surface area is 247 Å². The molecule has 0 unspecified atom stereocenters. The van der Waals surface area contributed by atoms with Crippen LogP contribution in [0.2, 0.25) is 0 Å². The van der Waals surface area contributed by atoms with Gasteiger partial charge in [0.05, 0.1) is 0 Å². The van der Waals surface area contributed by atoms with Crippen molar-refractivity contribution in [1.29, 1.82) is 0 Å². The molecule has 43 heavy (non-hydrogen) atoms. The quantitative estimate of drug-likeness (QED) is 0.218. The highest BCUT2D eigenvalue weighted by atomic mass is 16.3. The first-order chi connectivity index (χ1) is 21.3. The fourth-order valence-electron chi connectivity index (χ4n) is 6.50. The van der Waals surface area contributed by atoms with Gasteiger partial charge in [-0.2, -0.15) is 0 Å². The minimum atomic E-state index is 0.855. The molecule has 0 N–H and O–H groups in total. The fraction of sp³-hybridized carbons (Fsp3) is 0. The molecular weight excluding hydrogens is 526 g/mol. The molecule has 7 aromatic carbocycles. The van der Waals surface area contributed by atoms with Crippen LogP contribution in [-0.4, -0.2) is 0 Å². The number of anilines is 3. The van der Waals surface area contributed by atoms with Gasteiger partial charge < -0.3 is 13.7 Å². The second kappa shape index (κ2) is 9.37. The summed E-state index contributed by atoms with van der Waals surface area (Å²) >= 11 is 0. The number of benzene rings is 7. The van der Waals surface area contributed by atoms with Crippen molar-refractivity contribution in [3.63, 3.8) is 0 Å². The average Bonchev–Trinajstić information content (AvgIpc) is 3.63. The van der Waals surface area contributed by atoms with Crippen molar-refractivity contribution in [3.8, 4) is 11.1 Å². The summed E-state index contributed by atoms with van der Waals surface area (Å²) in [6, 6.07) is 53.0. The fourth-order valence-corrected chi connectivity index (χ4v) is 6.50. The normalized spacial score (nSPS) is 11.7. The van der Waals surface area contributed by atoms with Crippen molar-refractivity contribution in [2.75, 3.05) is 4.90 Å². The van der Waals surface area contributed by atoms with Gasteiger partial charge in [-0.1, -0.05) is 91.0 Å². The van der Waals surface area contributed by atoms with Crippen LogP contribution in [0.25, 0.3) is 65.8 Å². The van der Waals surface area contributed by atoms with Gasteiger partial charge in [-0.25, -0.2) is 0 Å². The number of fused-ring (bicyclic) bond motifs is 8. The van der Waals surface area contributed by atoms with E-state index in [1.807, 2.05) is 18.2 Å². The van der Waals surface area contributed by atoms with Crippen molar-refractivity contribution < 1.29 is 8.83 Å². The molecule has 0 spiro atoms. The monoisotopic (exact) mass is 551 g/mol. The van der Waals surface area contributed by atoms with Crippen molar-refractivity contribution in [3.05, 3.63) is 152 Å². The molecule has 3 heteroatoms. The lowest BCUT2D eigenvalue weighted by Gasteiger charge is -2.25. The number of hydrogen-bond donors (Lipinski definition) is 0. The van der Waals surface area contributed by atoms with Crippen LogP contribution in [0.5, 0.6) is 0 Å². The van der Waals surface area contributed by atoms with Crippen LogP contribution in [0.15, 0.2) is 160 Å². The molecule has 0 atom stereocenters. The smallest absolute Gasteiger partial charge is 0.137 e. The lowest BCUT2D eigenvalue weighted by atomic mass is 9.95. The summed E-state index contributed by atoms with van der Waals surface area (Å²) in [5.74, 6) is 0. The third kappa shape index (κ3) is 3.75. The van der Waals surface area contributed by atoms with Crippen LogP contribution in [0.3, 0.4) is 0 Å². The van der Waals surface area contributed by atoms with E-state index in [0.717, 1.165) is 60.9 Å². The molecule has 0 aliphatic carbocycles. The molecule has 0 fully saturated rings. The summed E-state index contributed by atoms with van der Waals surface area (Å²) in [5.41, 5.74) is 8.95. The zero-order valence-electron chi connectivity index (χ0n) is 23.2. The summed E-state index contributed by atoms with van der Waals surface area (Å²) in [4.78, 5) is 2.26. The predicted octanol–water partition coefficient (Wildman–Crippen LogP) is 11.8. The Bertz CT molecular complexity index is 2450. The van der Waals surface area contributed by atoms with E-state index in [1.54, 1.807) is 0 Å². The predicted molar refractivity (Wildman–Crippen MR) is 179 cm³/mol. The minimum Gasteiger partial charge on any atom is -0.456 e. The number of rotatable bonds is 4. The summed E-state index contributed by atoms with van der Waals surface area (Å²) in [5, 5.41) is 6.91. The van der Waals surface area contributed by atoms with Gasteiger partial charge in [-0.05, 0) is 70.4 Å². The summed E-state index contributed by atoms with van der Waals surface area (Å²) in [7, 11) is 0. The molecule has 2 aromatic heterocycles. The molecule has 0 aliphatic heterocycles. The Morgan fingerprint density at radius 1 is 0.349 bits per heavy atom. The van der Waals surface area contributed by atoms with E-state index in [9.17, 15) is 0 Å². The van der Waals surface area contributed by atoms with E-state index in [1.165, 1.54) is 21.9 Å². The van der Waals surface area contributed by atoms with E-state index in [0.29, 0.717) is 0 Å². The first-order valence-electron chi connectivity index (χ1n) is 14.5. The molecule has 2 heterocycles. The number of para-hydroxylation sites is 2. The van der Waals surface area contributed by atoms with Crippen molar-refractivity contribution in [1.82, 2.24) is 0 Å². The molecule has 0 saturated carbocycles. The van der Waals surface area contributed by atoms with E-state index in [4.69, 9.17) is 8.83 Å².